The van der Waals surface area contributed by atoms with Crippen LogP contribution >= 0.6 is 11.6 Å². The molecular weight excluding hydrogens is 433 g/mol. The molecule has 1 saturated heterocycles. The molecule has 1 aromatic carbocycles. The summed E-state index contributed by atoms with van der Waals surface area (Å²) >= 11 is 5.86. The predicted molar refractivity (Wildman–Crippen MR) is 124 cm³/mol. The van der Waals surface area contributed by atoms with Crippen molar-refractivity contribution in [2.24, 2.45) is 0 Å². The Kier molecular flexibility index (Phi) is 6.89. The molecule has 1 aliphatic rings. The van der Waals surface area contributed by atoms with Crippen molar-refractivity contribution in [1.82, 2.24) is 24.8 Å². The number of pyridine rings is 1. The molecule has 0 spiro atoms. The van der Waals surface area contributed by atoms with Crippen molar-refractivity contribution in [3.63, 3.8) is 0 Å². The van der Waals surface area contributed by atoms with E-state index in [1.54, 1.807) is 18.3 Å². The van der Waals surface area contributed by atoms with Gasteiger partial charge in [0, 0.05) is 49.9 Å². The topological polar surface area (TPSA) is 86.3 Å². The summed E-state index contributed by atoms with van der Waals surface area (Å²) in [7, 11) is 2.11. The molecule has 2 aromatic heterocycles. The molecule has 3 aromatic rings. The largest absolute Gasteiger partial charge is 0.340 e. The highest BCUT2D eigenvalue weighted by molar-refractivity contribution is 6.31. The second kappa shape index (κ2) is 9.99. The minimum absolute atomic E-state index is 0.00587. The fourth-order valence-electron chi connectivity index (χ4n) is 3.34. The first-order valence-electron chi connectivity index (χ1n) is 10.2. The van der Waals surface area contributed by atoms with Crippen molar-refractivity contribution >= 4 is 45.7 Å². The van der Waals surface area contributed by atoms with Gasteiger partial charge >= 0.3 is 0 Å². The van der Waals surface area contributed by atoms with Gasteiger partial charge in [-0.3, -0.25) is 9.69 Å². The van der Waals surface area contributed by atoms with E-state index in [4.69, 9.17) is 11.6 Å². The number of benzene rings is 1. The summed E-state index contributed by atoms with van der Waals surface area (Å²) in [6, 6.07) is 5.99. The Labute approximate surface area is 190 Å². The number of nitrogens with one attached hydrogen (secondary N) is 2. The predicted octanol–water partition coefficient (Wildman–Crippen LogP) is 3.30. The smallest absolute Gasteiger partial charge is 0.249 e. The SMILES string of the molecule is CN1CCN(CC=CC(=O)Nc2cc3c(Nc4ccc(F)c(Cl)c4)ncnc3cn2)CC1. The summed E-state index contributed by atoms with van der Waals surface area (Å²) in [6.45, 7) is 4.77. The first kappa shape index (κ1) is 22.1. The molecule has 10 heteroatoms. The van der Waals surface area contributed by atoms with Crippen molar-refractivity contribution in [3.8, 4) is 0 Å². The second-order valence-electron chi connectivity index (χ2n) is 7.56. The van der Waals surface area contributed by atoms with Crippen molar-refractivity contribution in [3.05, 3.63) is 59.8 Å². The molecule has 0 bridgehead atoms. The van der Waals surface area contributed by atoms with Crippen LogP contribution in [0.4, 0.5) is 21.7 Å². The van der Waals surface area contributed by atoms with E-state index in [9.17, 15) is 9.18 Å². The highest BCUT2D eigenvalue weighted by Crippen LogP contribution is 2.26. The molecule has 1 amide bonds. The maximum atomic E-state index is 13.4. The van der Waals surface area contributed by atoms with E-state index in [1.165, 1.54) is 24.5 Å². The summed E-state index contributed by atoms with van der Waals surface area (Å²) < 4.78 is 13.4. The van der Waals surface area contributed by atoms with Crippen LogP contribution in [0.15, 0.2) is 48.9 Å². The van der Waals surface area contributed by atoms with E-state index < -0.39 is 5.82 Å². The Bertz CT molecular complexity index is 1150. The minimum Gasteiger partial charge on any atom is -0.340 e. The number of rotatable bonds is 6. The maximum absolute atomic E-state index is 13.4. The molecule has 1 fully saturated rings. The Morgan fingerprint density at radius 1 is 1.19 bits per heavy atom. The van der Waals surface area contributed by atoms with Crippen LogP contribution in [0.25, 0.3) is 10.9 Å². The van der Waals surface area contributed by atoms with E-state index in [0.29, 0.717) is 28.2 Å². The van der Waals surface area contributed by atoms with Gasteiger partial charge in [-0.25, -0.2) is 19.3 Å². The average Bonchev–Trinajstić information content (AvgIpc) is 2.78. The van der Waals surface area contributed by atoms with Crippen molar-refractivity contribution in [1.29, 1.82) is 0 Å². The van der Waals surface area contributed by atoms with Crippen LogP contribution in [0.2, 0.25) is 5.02 Å². The van der Waals surface area contributed by atoms with E-state index in [2.05, 4.69) is 42.4 Å². The van der Waals surface area contributed by atoms with Crippen LogP contribution in [-0.4, -0.2) is 70.4 Å². The molecule has 2 N–H and O–H groups in total. The Hall–Kier alpha value is -3.14. The van der Waals surface area contributed by atoms with Crippen LogP contribution in [0, 0.1) is 5.82 Å². The van der Waals surface area contributed by atoms with Crippen LogP contribution in [0.1, 0.15) is 0 Å². The lowest BCUT2D eigenvalue weighted by atomic mass is 10.2. The number of halogens is 2. The van der Waals surface area contributed by atoms with Crippen molar-refractivity contribution in [2.45, 2.75) is 0 Å². The molecule has 0 radical (unpaired) electrons. The molecule has 32 heavy (non-hydrogen) atoms. The fourth-order valence-corrected chi connectivity index (χ4v) is 3.53. The molecule has 0 unspecified atom stereocenters. The number of nitrogens with zero attached hydrogens (tertiary/aromatic N) is 5. The summed E-state index contributed by atoms with van der Waals surface area (Å²) in [6.07, 6.45) is 6.33. The number of piperazine rings is 1. The second-order valence-corrected chi connectivity index (χ2v) is 7.97. The van der Waals surface area contributed by atoms with Crippen LogP contribution in [-0.2, 0) is 4.79 Å². The highest BCUT2D eigenvalue weighted by atomic mass is 35.5. The summed E-state index contributed by atoms with van der Waals surface area (Å²) in [5, 5.41) is 6.53. The zero-order valence-corrected chi connectivity index (χ0v) is 18.3. The molecule has 0 aliphatic carbocycles. The van der Waals surface area contributed by atoms with E-state index in [0.717, 1.165) is 32.7 Å². The van der Waals surface area contributed by atoms with E-state index >= 15 is 0 Å². The molecule has 0 saturated carbocycles. The maximum Gasteiger partial charge on any atom is 0.249 e. The van der Waals surface area contributed by atoms with Crippen molar-refractivity contribution < 1.29 is 9.18 Å². The summed E-state index contributed by atoms with van der Waals surface area (Å²) in [5.41, 5.74) is 1.17. The fraction of sp³-hybridized carbons (Fsp3) is 0.273. The molecule has 1 aliphatic heterocycles. The molecule has 0 atom stereocenters. The number of anilines is 3. The van der Waals surface area contributed by atoms with E-state index in [-0.39, 0.29) is 10.9 Å². The summed E-state index contributed by atoms with van der Waals surface area (Å²) in [5.74, 6) is 0.102. The number of carbonyl (C=O) groups is 1. The molecular formula is C22H23ClFN7O. The third-order valence-electron chi connectivity index (χ3n) is 5.18. The standard InChI is InChI=1S/C22H23ClFN7O/c1-30-7-9-31(10-8-30)6-2-3-21(32)29-20-12-16-19(13-25-20)26-14-27-22(16)28-15-4-5-18(24)17(23)11-15/h2-5,11-14H,6-10H2,1H3,(H,25,29,32)(H,26,27,28). The van der Waals surface area contributed by atoms with Gasteiger partial charge < -0.3 is 15.5 Å². The lowest BCUT2D eigenvalue weighted by Gasteiger charge is -2.31. The van der Waals surface area contributed by atoms with Gasteiger partial charge in [0.05, 0.1) is 16.7 Å². The van der Waals surface area contributed by atoms with Gasteiger partial charge in [0.15, 0.2) is 0 Å². The van der Waals surface area contributed by atoms with Gasteiger partial charge in [0.2, 0.25) is 5.91 Å². The number of likely N-dealkylation sites (N-methyl/N-ethyl adjacent to an activating group) is 1. The average molecular weight is 456 g/mol. The first-order valence-corrected chi connectivity index (χ1v) is 10.6. The third kappa shape index (κ3) is 5.56. The van der Waals surface area contributed by atoms with Crippen LogP contribution < -0.4 is 10.6 Å². The van der Waals surface area contributed by atoms with Crippen LogP contribution in [0.5, 0.6) is 0 Å². The number of hydrogen-bond donors (Lipinski definition) is 2. The minimum atomic E-state index is -0.500. The molecule has 8 nitrogen and oxygen atoms in total. The lowest BCUT2D eigenvalue weighted by molar-refractivity contribution is -0.111. The Morgan fingerprint density at radius 3 is 2.78 bits per heavy atom. The van der Waals surface area contributed by atoms with E-state index in [1.807, 2.05) is 6.08 Å². The number of hydrogen-bond acceptors (Lipinski definition) is 7. The first-order chi connectivity index (χ1) is 15.5. The van der Waals surface area contributed by atoms with Crippen LogP contribution in [0.3, 0.4) is 0 Å². The lowest BCUT2D eigenvalue weighted by Crippen LogP contribution is -2.44. The van der Waals surface area contributed by atoms with Gasteiger partial charge in [0.1, 0.15) is 23.8 Å². The number of fused-ring (bicyclic) bond motifs is 1. The molecule has 166 valence electrons. The molecule has 4 rings (SSSR count). The number of aromatic nitrogens is 3. The normalized spacial score (nSPS) is 15.3. The van der Waals surface area contributed by atoms with Gasteiger partial charge in [0.25, 0.3) is 0 Å². The quantitative estimate of drug-likeness (QED) is 0.551. The zero-order chi connectivity index (χ0) is 22.5. The van der Waals surface area contributed by atoms with Gasteiger partial charge in [-0.05, 0) is 31.3 Å². The molecule has 3 heterocycles. The third-order valence-corrected chi connectivity index (χ3v) is 5.47. The summed E-state index contributed by atoms with van der Waals surface area (Å²) in [4.78, 5) is 29.6. The Morgan fingerprint density at radius 2 is 2.00 bits per heavy atom. The zero-order valence-electron chi connectivity index (χ0n) is 17.6. The van der Waals surface area contributed by atoms with Gasteiger partial charge in [-0.2, -0.15) is 0 Å². The van der Waals surface area contributed by atoms with Gasteiger partial charge in [-0.15, -0.1) is 0 Å². The Balaban J connectivity index is 1.44. The van der Waals surface area contributed by atoms with Crippen molar-refractivity contribution in [2.75, 3.05) is 50.4 Å². The highest BCUT2D eigenvalue weighted by Gasteiger charge is 2.12. The monoisotopic (exact) mass is 455 g/mol. The number of amides is 1. The van der Waals surface area contributed by atoms with Gasteiger partial charge in [-0.1, -0.05) is 17.7 Å². The number of carbonyl (C=O) groups excluding carboxylic acids is 1.